The highest BCUT2D eigenvalue weighted by Crippen LogP contribution is 2.30. The molecule has 0 spiro atoms. The number of pyridine rings is 2. The predicted octanol–water partition coefficient (Wildman–Crippen LogP) is 5.68. The lowest BCUT2D eigenvalue weighted by Crippen LogP contribution is -2.49. The van der Waals surface area contributed by atoms with Gasteiger partial charge in [-0.25, -0.2) is 4.98 Å². The number of amides is 1. The maximum absolute atomic E-state index is 14.0. The van der Waals surface area contributed by atoms with Crippen molar-refractivity contribution in [3.8, 4) is 0 Å². The average Bonchev–Trinajstić information content (AvgIpc) is 2.99. The minimum Gasteiger partial charge on any atom is -0.423 e. The molecule has 0 atom stereocenters. The van der Waals surface area contributed by atoms with Crippen LogP contribution in [0.2, 0.25) is 0 Å². The standard InChI is InChI=1S/C31H34F3N5O3/c1-22(2)38-14-11-26(12-15-38)39(20-24-16-27(19-35-18-24)37(3)29-6-4-5-13-36-29)30(41)28(42-21-40)17-23-7-9-25(10-8-23)31(32,33)34/h4-10,13,16-19,21-22,26H,11-12,14-15,20H2,1-3H3/b28-17+. The van der Waals surface area contributed by atoms with Crippen molar-refractivity contribution in [3.05, 3.63) is 89.6 Å². The summed E-state index contributed by atoms with van der Waals surface area (Å²) in [5.74, 6) is -0.0779. The maximum Gasteiger partial charge on any atom is 0.416 e. The van der Waals surface area contributed by atoms with Crippen molar-refractivity contribution < 1.29 is 27.5 Å². The minimum absolute atomic E-state index is 0.150. The monoisotopic (exact) mass is 581 g/mol. The molecule has 3 heterocycles. The highest BCUT2D eigenvalue weighted by molar-refractivity contribution is 5.97. The molecule has 1 amide bonds. The van der Waals surface area contributed by atoms with Gasteiger partial charge in [0.1, 0.15) is 5.82 Å². The van der Waals surface area contributed by atoms with Crippen LogP contribution in [0.1, 0.15) is 43.4 Å². The van der Waals surface area contributed by atoms with Crippen molar-refractivity contribution in [2.75, 3.05) is 25.0 Å². The van der Waals surface area contributed by atoms with E-state index < -0.39 is 17.6 Å². The second-order valence-corrected chi connectivity index (χ2v) is 10.4. The fourth-order valence-electron chi connectivity index (χ4n) is 4.96. The zero-order chi connectivity index (χ0) is 30.3. The van der Waals surface area contributed by atoms with Gasteiger partial charge in [-0.1, -0.05) is 18.2 Å². The van der Waals surface area contributed by atoms with Crippen molar-refractivity contribution in [3.63, 3.8) is 0 Å². The number of benzene rings is 1. The molecule has 3 aromatic rings. The van der Waals surface area contributed by atoms with Crippen molar-refractivity contribution in [1.29, 1.82) is 0 Å². The lowest BCUT2D eigenvalue weighted by Gasteiger charge is -2.40. The summed E-state index contributed by atoms with van der Waals surface area (Å²) in [6.07, 6.45) is 3.30. The second kappa shape index (κ2) is 13.6. The van der Waals surface area contributed by atoms with E-state index in [0.29, 0.717) is 24.4 Å². The first-order valence-electron chi connectivity index (χ1n) is 13.7. The summed E-state index contributed by atoms with van der Waals surface area (Å²) >= 11 is 0. The van der Waals surface area contributed by atoms with E-state index in [4.69, 9.17) is 4.74 Å². The molecule has 1 aliphatic rings. The Bertz CT molecular complexity index is 1370. The van der Waals surface area contributed by atoms with E-state index in [2.05, 4.69) is 28.7 Å². The molecular weight excluding hydrogens is 547 g/mol. The molecule has 0 unspecified atom stereocenters. The molecule has 1 aliphatic heterocycles. The molecule has 1 fully saturated rings. The molecule has 1 aromatic carbocycles. The molecule has 1 saturated heterocycles. The molecule has 0 radical (unpaired) electrons. The number of nitrogens with zero attached hydrogens (tertiary/aromatic N) is 5. The molecule has 2 aromatic heterocycles. The maximum atomic E-state index is 14.0. The van der Waals surface area contributed by atoms with Crippen LogP contribution in [0.25, 0.3) is 6.08 Å². The summed E-state index contributed by atoms with van der Waals surface area (Å²) in [6, 6.07) is 12.0. The Kier molecular flexibility index (Phi) is 9.95. The van der Waals surface area contributed by atoms with Gasteiger partial charge in [0.05, 0.1) is 17.4 Å². The zero-order valence-electron chi connectivity index (χ0n) is 23.8. The van der Waals surface area contributed by atoms with Gasteiger partial charge in [-0.2, -0.15) is 13.2 Å². The van der Waals surface area contributed by atoms with Gasteiger partial charge in [0.25, 0.3) is 12.4 Å². The number of aromatic nitrogens is 2. The molecule has 222 valence electrons. The molecular formula is C31H34F3N5O3. The first-order chi connectivity index (χ1) is 20.1. The van der Waals surface area contributed by atoms with Crippen LogP contribution in [0, 0.1) is 0 Å². The van der Waals surface area contributed by atoms with Crippen molar-refractivity contribution >= 4 is 30.0 Å². The number of carbonyl (C=O) groups excluding carboxylic acids is 2. The quantitative estimate of drug-likeness (QED) is 0.173. The molecule has 42 heavy (non-hydrogen) atoms. The van der Waals surface area contributed by atoms with Crippen LogP contribution in [0.3, 0.4) is 0 Å². The third kappa shape index (κ3) is 7.73. The summed E-state index contributed by atoms with van der Waals surface area (Å²) < 4.78 is 44.2. The van der Waals surface area contributed by atoms with E-state index in [1.54, 1.807) is 23.5 Å². The van der Waals surface area contributed by atoms with Gasteiger partial charge in [-0.05, 0) is 74.2 Å². The van der Waals surface area contributed by atoms with E-state index >= 15 is 0 Å². The number of halogens is 3. The fourth-order valence-corrected chi connectivity index (χ4v) is 4.96. The Morgan fingerprint density at radius 2 is 1.83 bits per heavy atom. The Morgan fingerprint density at radius 1 is 1.12 bits per heavy atom. The number of rotatable bonds is 10. The summed E-state index contributed by atoms with van der Waals surface area (Å²) in [5, 5.41) is 0. The molecule has 4 rings (SSSR count). The summed E-state index contributed by atoms with van der Waals surface area (Å²) in [4.78, 5) is 40.0. The zero-order valence-corrected chi connectivity index (χ0v) is 23.8. The number of carbonyl (C=O) groups is 2. The molecule has 11 heteroatoms. The van der Waals surface area contributed by atoms with E-state index in [1.807, 2.05) is 36.2 Å². The van der Waals surface area contributed by atoms with Crippen LogP contribution in [0.4, 0.5) is 24.7 Å². The number of anilines is 2. The number of alkyl halides is 3. The van der Waals surface area contributed by atoms with Gasteiger partial charge in [0, 0.05) is 51.2 Å². The van der Waals surface area contributed by atoms with Crippen LogP contribution in [-0.4, -0.2) is 64.4 Å². The van der Waals surface area contributed by atoms with Crippen LogP contribution < -0.4 is 4.90 Å². The Labute approximate surface area is 243 Å². The summed E-state index contributed by atoms with van der Waals surface area (Å²) in [7, 11) is 1.87. The number of ether oxygens (including phenoxy) is 1. The lowest BCUT2D eigenvalue weighted by atomic mass is 10.0. The van der Waals surface area contributed by atoms with Crippen molar-refractivity contribution in [2.24, 2.45) is 0 Å². The van der Waals surface area contributed by atoms with Gasteiger partial charge in [0.2, 0.25) is 0 Å². The van der Waals surface area contributed by atoms with Gasteiger partial charge in [0.15, 0.2) is 5.76 Å². The predicted molar refractivity (Wildman–Crippen MR) is 153 cm³/mol. The average molecular weight is 582 g/mol. The second-order valence-electron chi connectivity index (χ2n) is 10.4. The molecule has 0 bridgehead atoms. The van der Waals surface area contributed by atoms with E-state index in [9.17, 15) is 22.8 Å². The normalized spacial score (nSPS) is 15.0. The summed E-state index contributed by atoms with van der Waals surface area (Å²) in [6.45, 7) is 6.17. The topological polar surface area (TPSA) is 78.9 Å². The van der Waals surface area contributed by atoms with E-state index in [-0.39, 0.29) is 24.8 Å². The third-order valence-electron chi connectivity index (χ3n) is 7.37. The lowest BCUT2D eigenvalue weighted by molar-refractivity contribution is -0.139. The highest BCUT2D eigenvalue weighted by atomic mass is 19.4. The van der Waals surface area contributed by atoms with Crippen LogP contribution in [0.15, 0.2) is 72.9 Å². The van der Waals surface area contributed by atoms with E-state index in [1.165, 1.54) is 18.2 Å². The smallest absolute Gasteiger partial charge is 0.416 e. The van der Waals surface area contributed by atoms with Crippen molar-refractivity contribution in [2.45, 2.75) is 51.5 Å². The van der Waals surface area contributed by atoms with Crippen LogP contribution in [0.5, 0.6) is 0 Å². The summed E-state index contributed by atoms with van der Waals surface area (Å²) in [5.41, 5.74) is 1.02. The van der Waals surface area contributed by atoms with E-state index in [0.717, 1.165) is 42.3 Å². The van der Waals surface area contributed by atoms with Gasteiger partial charge < -0.3 is 19.4 Å². The molecule has 0 saturated carbocycles. The number of likely N-dealkylation sites (tertiary alicyclic amines) is 1. The molecule has 8 nitrogen and oxygen atoms in total. The van der Waals surface area contributed by atoms with Crippen LogP contribution in [-0.2, 0) is 27.0 Å². The number of hydrogen-bond donors (Lipinski definition) is 0. The first-order valence-corrected chi connectivity index (χ1v) is 13.7. The Hall–Kier alpha value is -4.25. The van der Waals surface area contributed by atoms with Gasteiger partial charge >= 0.3 is 6.18 Å². The van der Waals surface area contributed by atoms with Gasteiger partial charge in [-0.15, -0.1) is 0 Å². The fraction of sp³-hybridized carbons (Fsp3) is 0.355. The Morgan fingerprint density at radius 3 is 2.43 bits per heavy atom. The number of hydrogen-bond acceptors (Lipinski definition) is 7. The molecule has 0 N–H and O–H groups in total. The largest absolute Gasteiger partial charge is 0.423 e. The SMILES string of the molecule is CC(C)N1CCC(N(Cc2cncc(N(C)c3ccccn3)c2)C(=O)/C(=C\c2ccc(C(F)(F)F)cc2)OC=O)CC1. The minimum atomic E-state index is -4.49. The molecule has 0 aliphatic carbocycles. The first kappa shape index (κ1) is 30.7. The Balaban J connectivity index is 1.64. The van der Waals surface area contributed by atoms with Crippen molar-refractivity contribution in [1.82, 2.24) is 19.8 Å². The highest BCUT2D eigenvalue weighted by Gasteiger charge is 2.32. The third-order valence-corrected chi connectivity index (χ3v) is 7.37. The number of piperidine rings is 1. The van der Waals surface area contributed by atoms with Gasteiger partial charge in [-0.3, -0.25) is 14.6 Å². The van der Waals surface area contributed by atoms with Crippen LogP contribution >= 0.6 is 0 Å².